The van der Waals surface area contributed by atoms with Crippen LogP contribution in [0.5, 0.6) is 0 Å². The van der Waals surface area contributed by atoms with Crippen molar-refractivity contribution in [1.29, 1.82) is 0 Å². The second kappa shape index (κ2) is 40.6. The molecule has 0 aliphatic carbocycles. The molecule has 1 rings (SSSR count). The summed E-state index contributed by atoms with van der Waals surface area (Å²) in [6.07, 6.45) is 35.5. The molecule has 7 N–H and O–H groups in total. The normalized spacial score (nSPS) is 20.9. The molecule has 8 atom stereocenters. The highest BCUT2D eigenvalue weighted by Crippen LogP contribution is 2.26. The maximum atomic E-state index is 13.1. The van der Waals surface area contributed by atoms with Gasteiger partial charge in [-0.05, 0) is 32.1 Å². The minimum absolute atomic E-state index is 0.240. The minimum atomic E-state index is -5.12. The topological polar surface area (TPSA) is 212 Å². The lowest BCUT2D eigenvalue weighted by Crippen LogP contribution is -2.61. The smallest absolute Gasteiger partial charge is 0.394 e. The molecule has 0 spiro atoms. The Hall–Kier alpha value is -1.46. The molecule has 13 nitrogen and oxygen atoms in total. The Bertz CT molecular complexity index is 1250. The van der Waals surface area contributed by atoms with E-state index in [4.69, 9.17) is 9.47 Å². The van der Waals surface area contributed by atoms with Gasteiger partial charge in [0.15, 0.2) is 6.29 Å². The van der Waals surface area contributed by atoms with Crippen LogP contribution in [0.1, 0.15) is 226 Å². The number of rotatable bonds is 44. The molecule has 1 aliphatic rings. The number of carbonyl (C=O) groups is 1. The quantitative estimate of drug-likeness (QED) is 0.0173. The summed E-state index contributed by atoms with van der Waals surface area (Å²) in [7, 11) is -5.12. The first-order valence-electron chi connectivity index (χ1n) is 25.8. The van der Waals surface area contributed by atoms with Crippen LogP contribution in [0.4, 0.5) is 0 Å². The first-order chi connectivity index (χ1) is 30.9. The fourth-order valence-electron chi connectivity index (χ4n) is 8.24. The molecule has 0 saturated carbocycles. The highest BCUT2D eigenvalue weighted by atomic mass is 32.3. The third-order valence-electron chi connectivity index (χ3n) is 12.3. The van der Waals surface area contributed by atoms with Gasteiger partial charge in [-0.3, -0.25) is 9.35 Å². The van der Waals surface area contributed by atoms with Crippen LogP contribution in [0, 0.1) is 0 Å². The van der Waals surface area contributed by atoms with Crippen molar-refractivity contribution in [3.05, 3.63) is 24.3 Å². The van der Waals surface area contributed by atoms with E-state index in [0.29, 0.717) is 12.8 Å². The van der Waals surface area contributed by atoms with Gasteiger partial charge in [0.05, 0.1) is 25.4 Å². The maximum absolute atomic E-state index is 13.1. The van der Waals surface area contributed by atoms with E-state index >= 15 is 0 Å². The first kappa shape index (κ1) is 60.6. The van der Waals surface area contributed by atoms with E-state index < -0.39 is 78.5 Å². The number of amides is 1. The number of ether oxygens (including phenoxy) is 2. The monoisotopic (exact) mass is 934 g/mol. The van der Waals surface area contributed by atoms with Crippen LogP contribution < -0.4 is 5.32 Å². The Kier molecular flexibility index (Phi) is 38.4. The molecule has 1 amide bonds. The van der Waals surface area contributed by atoms with Crippen LogP contribution >= 0.6 is 0 Å². The number of aliphatic hydroxyl groups excluding tert-OH is 5. The molecule has 0 aromatic heterocycles. The van der Waals surface area contributed by atoms with Crippen molar-refractivity contribution in [3.8, 4) is 0 Å². The predicted octanol–water partition coefficient (Wildman–Crippen LogP) is 9.86. The highest BCUT2D eigenvalue weighted by molar-refractivity contribution is 7.80. The van der Waals surface area contributed by atoms with E-state index in [1.165, 1.54) is 160 Å². The van der Waals surface area contributed by atoms with Gasteiger partial charge in [0, 0.05) is 0 Å². The third-order valence-corrected chi connectivity index (χ3v) is 12.8. The van der Waals surface area contributed by atoms with Gasteiger partial charge in [-0.15, -0.1) is 0 Å². The molecule has 1 saturated heterocycles. The Morgan fingerprint density at radius 3 is 1.50 bits per heavy atom. The molecule has 1 fully saturated rings. The minimum Gasteiger partial charge on any atom is -0.394 e. The van der Waals surface area contributed by atoms with Gasteiger partial charge in [0.2, 0.25) is 5.91 Å². The zero-order valence-electron chi connectivity index (χ0n) is 40.2. The SMILES string of the molecule is CCCCCCCCCCCCCCCCC/C=C/CC/C=C/C(O)C(COC1OC(CO)C(O)C(OS(=O)(=O)O)C1O)NC(=O)C(O)CCCCCCCCCCCCCCCC. The van der Waals surface area contributed by atoms with Crippen LogP contribution in [-0.2, 0) is 28.9 Å². The average Bonchev–Trinajstić information content (AvgIpc) is 3.27. The fourth-order valence-corrected chi connectivity index (χ4v) is 8.75. The van der Waals surface area contributed by atoms with E-state index in [1.807, 2.05) is 0 Å². The summed E-state index contributed by atoms with van der Waals surface area (Å²) in [5, 5.41) is 55.3. The van der Waals surface area contributed by atoms with Crippen LogP contribution in [0.3, 0.4) is 0 Å². The summed E-state index contributed by atoms with van der Waals surface area (Å²) in [6, 6.07) is -1.13. The van der Waals surface area contributed by atoms with Crippen LogP contribution in [0.15, 0.2) is 24.3 Å². The molecule has 1 heterocycles. The van der Waals surface area contributed by atoms with Gasteiger partial charge in [-0.25, -0.2) is 4.18 Å². The number of aliphatic hydroxyl groups is 5. The van der Waals surface area contributed by atoms with E-state index in [-0.39, 0.29) is 6.42 Å². The molecular weight excluding hydrogens is 839 g/mol. The summed E-state index contributed by atoms with van der Waals surface area (Å²) in [6.45, 7) is 3.22. The first-order valence-corrected chi connectivity index (χ1v) is 27.2. The third kappa shape index (κ3) is 32.3. The predicted molar refractivity (Wildman–Crippen MR) is 256 cm³/mol. The van der Waals surface area contributed by atoms with Crippen molar-refractivity contribution in [2.75, 3.05) is 13.2 Å². The zero-order chi connectivity index (χ0) is 47.1. The van der Waals surface area contributed by atoms with Crippen molar-refractivity contribution in [2.24, 2.45) is 0 Å². The standard InChI is InChI=1S/C50H95NO12S/c1-3-5-7-9-11-13-15-17-19-20-21-22-23-24-25-27-28-30-32-34-36-38-43(53)42(41-61-50-47(56)48(63-64(58,59)60)46(55)45(40-52)62-50)51-49(57)44(54)39-37-35-33-31-29-26-18-16-14-12-10-8-6-4-2/h28,30,36,38,42-48,50,52-56H,3-27,29,31-35,37,39-41H2,1-2H3,(H,51,57)(H,58,59,60)/b30-28+,38-36+. The zero-order valence-corrected chi connectivity index (χ0v) is 41.0. The van der Waals surface area contributed by atoms with E-state index in [1.54, 1.807) is 6.08 Å². The summed E-state index contributed by atoms with van der Waals surface area (Å²) in [5.41, 5.74) is 0. The Labute approximate surface area is 389 Å². The lowest BCUT2D eigenvalue weighted by atomic mass is 9.99. The molecule has 0 radical (unpaired) electrons. The van der Waals surface area contributed by atoms with Crippen LogP contribution in [-0.4, -0.2) is 107 Å². The average molecular weight is 934 g/mol. The van der Waals surface area contributed by atoms with E-state index in [2.05, 4.69) is 35.5 Å². The van der Waals surface area contributed by atoms with E-state index in [9.17, 15) is 43.3 Å². The number of allylic oxidation sites excluding steroid dienone is 3. The molecular formula is C50H95NO12S. The summed E-state index contributed by atoms with van der Waals surface area (Å²) >= 11 is 0. The number of hydrogen-bond donors (Lipinski definition) is 7. The van der Waals surface area contributed by atoms with Gasteiger partial charge < -0.3 is 40.3 Å². The maximum Gasteiger partial charge on any atom is 0.397 e. The molecule has 0 aromatic rings. The molecule has 378 valence electrons. The van der Waals surface area contributed by atoms with Crippen LogP contribution in [0.2, 0.25) is 0 Å². The number of carbonyl (C=O) groups excluding carboxylic acids is 1. The highest BCUT2D eigenvalue weighted by Gasteiger charge is 2.48. The second-order valence-electron chi connectivity index (χ2n) is 18.3. The van der Waals surface area contributed by atoms with Crippen molar-refractivity contribution in [1.82, 2.24) is 5.32 Å². The summed E-state index contributed by atoms with van der Waals surface area (Å²) in [5.74, 6) is -0.709. The van der Waals surface area contributed by atoms with Crippen molar-refractivity contribution in [3.63, 3.8) is 0 Å². The Morgan fingerprint density at radius 2 is 1.05 bits per heavy atom. The Morgan fingerprint density at radius 1 is 0.625 bits per heavy atom. The molecule has 0 bridgehead atoms. The van der Waals surface area contributed by atoms with Gasteiger partial charge in [0.1, 0.15) is 30.5 Å². The van der Waals surface area contributed by atoms with Crippen molar-refractivity contribution >= 4 is 16.3 Å². The van der Waals surface area contributed by atoms with Gasteiger partial charge in [0.25, 0.3) is 0 Å². The molecule has 0 aromatic carbocycles. The van der Waals surface area contributed by atoms with Crippen molar-refractivity contribution in [2.45, 2.75) is 275 Å². The summed E-state index contributed by atoms with van der Waals surface area (Å²) in [4.78, 5) is 13.1. The van der Waals surface area contributed by atoms with Gasteiger partial charge in [-0.2, -0.15) is 8.42 Å². The number of nitrogens with one attached hydrogen (secondary N) is 1. The molecule has 8 unspecified atom stereocenters. The fraction of sp³-hybridized carbons (Fsp3) is 0.900. The number of unbranched alkanes of at least 4 members (excludes halogenated alkanes) is 29. The van der Waals surface area contributed by atoms with E-state index in [0.717, 1.165) is 38.5 Å². The van der Waals surface area contributed by atoms with Crippen LogP contribution in [0.25, 0.3) is 0 Å². The lowest BCUT2D eigenvalue weighted by molar-refractivity contribution is -0.298. The molecule has 14 heteroatoms. The molecule has 64 heavy (non-hydrogen) atoms. The second-order valence-corrected chi connectivity index (χ2v) is 19.3. The molecule has 1 aliphatic heterocycles. The largest absolute Gasteiger partial charge is 0.397 e. The van der Waals surface area contributed by atoms with Crippen molar-refractivity contribution < 1.29 is 57.0 Å². The van der Waals surface area contributed by atoms with Gasteiger partial charge >= 0.3 is 10.4 Å². The summed E-state index contributed by atoms with van der Waals surface area (Å²) < 4.78 is 47.6. The lowest BCUT2D eigenvalue weighted by Gasteiger charge is -2.41. The number of hydrogen-bond acceptors (Lipinski definition) is 11. The van der Waals surface area contributed by atoms with Gasteiger partial charge in [-0.1, -0.05) is 218 Å². The Balaban J connectivity index is 2.53.